The van der Waals surface area contributed by atoms with Gasteiger partial charge in [-0.2, -0.15) is 0 Å². The van der Waals surface area contributed by atoms with E-state index in [1.807, 2.05) is 14.8 Å². The van der Waals surface area contributed by atoms with Gasteiger partial charge in [0.2, 0.25) is 0 Å². The Hall–Kier alpha value is -0.0551. The van der Waals surface area contributed by atoms with Crippen molar-refractivity contribution in [3.63, 3.8) is 0 Å². The summed E-state index contributed by atoms with van der Waals surface area (Å²) in [5.74, 6) is 0.136. The normalized spacial score (nSPS) is 47.9. The van der Waals surface area contributed by atoms with Crippen molar-refractivity contribution in [3.8, 4) is 0 Å². The number of rotatable bonds is 1. The van der Waals surface area contributed by atoms with E-state index in [0.29, 0.717) is 0 Å². The largest absolute Gasteiger partial charge is 0.394 e. The van der Waals surface area contributed by atoms with Crippen LogP contribution in [0.5, 0.6) is 0 Å². The maximum absolute atomic E-state index is 9.34. The first-order valence-electron chi connectivity index (χ1n) is 3.61. The van der Waals surface area contributed by atoms with Gasteiger partial charge >= 0.3 is 0 Å². The smallest absolute Gasteiger partial charge is 0.139 e. The van der Waals surface area contributed by atoms with E-state index in [0.717, 1.165) is 0 Å². The number of hydrogen-bond acceptors (Lipinski definition) is 3. The quantitative estimate of drug-likeness (QED) is 0.433. The molecule has 10 heavy (non-hydrogen) atoms. The minimum atomic E-state index is -0.500. The van der Waals surface area contributed by atoms with Gasteiger partial charge in [0.15, 0.2) is 0 Å². The second kappa shape index (κ2) is 2.90. The summed E-state index contributed by atoms with van der Waals surface area (Å²) in [7, 11) is 1.91. The average molecular weight is 144 g/mol. The Bertz CT molecular complexity index is 120. The first-order chi connectivity index (χ1) is 4.66. The van der Waals surface area contributed by atoms with Gasteiger partial charge in [0.05, 0.1) is 12.7 Å². The maximum Gasteiger partial charge on any atom is 0.139 e. The minimum absolute atomic E-state index is 0.0622. The molecule has 3 nitrogen and oxygen atoms in total. The Morgan fingerprint density at radius 1 is 1.60 bits per heavy atom. The Morgan fingerprint density at radius 2 is 2.20 bits per heavy atom. The Balaban J connectivity index is 2.53. The molecule has 4 heteroatoms. The van der Waals surface area contributed by atoms with Gasteiger partial charge in [-0.3, -0.25) is 0 Å². The molecule has 0 aromatic heterocycles. The first kappa shape index (κ1) is 8.05. The first-order valence-corrected chi connectivity index (χ1v) is 3.61. The van der Waals surface area contributed by atoms with E-state index in [9.17, 15) is 5.11 Å². The van der Waals surface area contributed by atoms with Crippen molar-refractivity contribution in [2.24, 2.45) is 5.92 Å². The van der Waals surface area contributed by atoms with E-state index in [1.165, 1.54) is 0 Å². The minimum Gasteiger partial charge on any atom is -0.394 e. The van der Waals surface area contributed by atoms with Crippen LogP contribution in [0.25, 0.3) is 0 Å². The van der Waals surface area contributed by atoms with Crippen molar-refractivity contribution in [2.75, 3.05) is 6.61 Å². The van der Waals surface area contributed by atoms with Crippen LogP contribution in [0, 0.1) is 5.92 Å². The van der Waals surface area contributed by atoms with Gasteiger partial charge in [-0.15, -0.1) is 0 Å². The van der Waals surface area contributed by atoms with Crippen LogP contribution in [0.15, 0.2) is 0 Å². The summed E-state index contributed by atoms with van der Waals surface area (Å²) in [6.07, 6.45) is -0.870. The van der Waals surface area contributed by atoms with Gasteiger partial charge in [0.1, 0.15) is 14.0 Å². The molecule has 58 valence electrons. The molecule has 2 N–H and O–H groups in total. The van der Waals surface area contributed by atoms with Gasteiger partial charge in [-0.25, -0.2) is 0 Å². The molecule has 0 radical (unpaired) electrons. The number of ether oxygens (including phenoxy) is 1. The van der Waals surface area contributed by atoms with Gasteiger partial charge in [0, 0.05) is 11.9 Å². The summed E-state index contributed by atoms with van der Waals surface area (Å²) in [5, 5.41) is 18.0. The lowest BCUT2D eigenvalue weighted by Gasteiger charge is -2.11. The number of aliphatic hydroxyl groups is 2. The summed E-state index contributed by atoms with van der Waals surface area (Å²) in [6, 6.07) is 0.0622. The Kier molecular flexibility index (Phi) is 2.34. The van der Waals surface area contributed by atoms with Crippen molar-refractivity contribution >= 4 is 7.85 Å². The third kappa shape index (κ3) is 1.19. The fraction of sp³-hybridized carbons (Fsp3) is 1.00. The molecular formula is C6H13BO3. The van der Waals surface area contributed by atoms with E-state index in [-0.39, 0.29) is 24.6 Å². The highest BCUT2D eigenvalue weighted by Crippen LogP contribution is 2.23. The predicted molar refractivity (Wildman–Crippen MR) is 39.5 cm³/mol. The molecule has 1 fully saturated rings. The van der Waals surface area contributed by atoms with Crippen LogP contribution in [0.4, 0.5) is 0 Å². The molecule has 1 heterocycles. The highest BCUT2D eigenvalue weighted by molar-refractivity contribution is 6.11. The second-order valence-electron chi connectivity index (χ2n) is 2.91. The van der Waals surface area contributed by atoms with Gasteiger partial charge in [-0.1, -0.05) is 6.92 Å². The summed E-state index contributed by atoms with van der Waals surface area (Å²) >= 11 is 0. The average Bonchev–Trinajstić information content (AvgIpc) is 2.17. The summed E-state index contributed by atoms with van der Waals surface area (Å²) in [5.41, 5.74) is 0. The zero-order valence-electron chi connectivity index (χ0n) is 6.32. The standard InChI is InChI=1S/C6H13BO3/c1-3-5(9)4(2-8)10-6(3)7/h3-6,8-9H,2,7H2,1H3/t3?,4-,5?,6-/m1/s1. The number of aliphatic hydroxyl groups excluding tert-OH is 2. The molecule has 0 aromatic rings. The van der Waals surface area contributed by atoms with E-state index >= 15 is 0 Å². The zero-order chi connectivity index (χ0) is 7.72. The summed E-state index contributed by atoms with van der Waals surface area (Å²) in [6.45, 7) is 1.83. The van der Waals surface area contributed by atoms with E-state index < -0.39 is 6.10 Å². The van der Waals surface area contributed by atoms with Crippen LogP contribution >= 0.6 is 0 Å². The van der Waals surface area contributed by atoms with Crippen molar-refractivity contribution in [2.45, 2.75) is 25.1 Å². The fourth-order valence-electron chi connectivity index (χ4n) is 1.25. The maximum atomic E-state index is 9.34. The lowest BCUT2D eigenvalue weighted by molar-refractivity contribution is -0.00490. The topological polar surface area (TPSA) is 49.7 Å². The Labute approximate surface area is 61.4 Å². The van der Waals surface area contributed by atoms with Gasteiger partial charge < -0.3 is 14.9 Å². The van der Waals surface area contributed by atoms with E-state index in [1.54, 1.807) is 0 Å². The summed E-state index contributed by atoms with van der Waals surface area (Å²) < 4.78 is 5.23. The highest BCUT2D eigenvalue weighted by Gasteiger charge is 2.37. The third-order valence-corrected chi connectivity index (χ3v) is 2.23. The Morgan fingerprint density at radius 3 is 2.40 bits per heavy atom. The second-order valence-corrected chi connectivity index (χ2v) is 2.91. The van der Waals surface area contributed by atoms with Crippen LogP contribution in [0.1, 0.15) is 6.92 Å². The van der Waals surface area contributed by atoms with Crippen molar-refractivity contribution in [3.05, 3.63) is 0 Å². The van der Waals surface area contributed by atoms with Crippen molar-refractivity contribution in [1.29, 1.82) is 0 Å². The number of hydrogen-bond donors (Lipinski definition) is 2. The van der Waals surface area contributed by atoms with Gasteiger partial charge in [0.25, 0.3) is 0 Å². The predicted octanol–water partition coefficient (Wildman–Crippen LogP) is -1.67. The molecule has 1 aliphatic rings. The van der Waals surface area contributed by atoms with Crippen LogP contribution in [-0.4, -0.2) is 42.9 Å². The molecule has 0 aromatic carbocycles. The van der Waals surface area contributed by atoms with Crippen LogP contribution in [0.2, 0.25) is 0 Å². The van der Waals surface area contributed by atoms with Gasteiger partial charge in [-0.05, 0) is 0 Å². The SMILES string of the molecule is B[C@@H]1O[C@H](CO)C(O)C1C. The molecule has 0 aliphatic carbocycles. The van der Waals surface area contributed by atoms with Crippen molar-refractivity contribution in [1.82, 2.24) is 0 Å². The lowest BCUT2D eigenvalue weighted by Crippen LogP contribution is -2.28. The molecule has 0 spiro atoms. The van der Waals surface area contributed by atoms with E-state index in [2.05, 4.69) is 0 Å². The van der Waals surface area contributed by atoms with Crippen LogP contribution in [0.3, 0.4) is 0 Å². The van der Waals surface area contributed by atoms with Crippen molar-refractivity contribution < 1.29 is 14.9 Å². The molecule has 1 rings (SSSR count). The summed E-state index contributed by atoms with van der Waals surface area (Å²) in [4.78, 5) is 0. The molecule has 1 aliphatic heterocycles. The molecule has 2 unspecified atom stereocenters. The highest BCUT2D eigenvalue weighted by atomic mass is 16.5. The molecule has 0 amide bonds. The zero-order valence-corrected chi connectivity index (χ0v) is 6.32. The fourth-order valence-corrected chi connectivity index (χ4v) is 1.25. The molecular weight excluding hydrogens is 131 g/mol. The molecule has 1 saturated heterocycles. The molecule has 0 saturated carbocycles. The molecule has 0 bridgehead atoms. The monoisotopic (exact) mass is 144 g/mol. The molecule has 4 atom stereocenters. The third-order valence-electron chi connectivity index (χ3n) is 2.23. The van der Waals surface area contributed by atoms with E-state index in [4.69, 9.17) is 9.84 Å². The van der Waals surface area contributed by atoms with Crippen LogP contribution < -0.4 is 0 Å². The lowest BCUT2D eigenvalue weighted by atomic mass is 9.86. The van der Waals surface area contributed by atoms with Crippen LogP contribution in [-0.2, 0) is 4.74 Å².